The summed E-state index contributed by atoms with van der Waals surface area (Å²) in [5.41, 5.74) is 0.0632. The van der Waals surface area contributed by atoms with Crippen molar-refractivity contribution in [2.45, 2.75) is 38.9 Å². The first kappa shape index (κ1) is 14.3. The molecule has 1 aliphatic heterocycles. The van der Waals surface area contributed by atoms with Crippen molar-refractivity contribution in [3.8, 4) is 5.75 Å². The molecule has 104 valence electrons. The topological polar surface area (TPSA) is 60.8 Å². The number of aliphatic hydroxyl groups is 1. The summed E-state index contributed by atoms with van der Waals surface area (Å²) in [6.07, 6.45) is 3.30. The number of ether oxygens (including phenoxy) is 1. The number of hydrogen-bond donors (Lipinski definition) is 1. The van der Waals surface area contributed by atoms with Crippen LogP contribution in [-0.4, -0.2) is 41.6 Å². The molecule has 0 bridgehead atoms. The zero-order valence-corrected chi connectivity index (χ0v) is 11.8. The number of pyridine rings is 1. The van der Waals surface area contributed by atoms with Gasteiger partial charge < -0.3 is 19.2 Å². The van der Waals surface area contributed by atoms with Gasteiger partial charge in [-0.1, -0.05) is 0 Å². The second-order valence-electron chi connectivity index (χ2n) is 5.61. The summed E-state index contributed by atoms with van der Waals surface area (Å²) in [5.74, 6) is 0.598. The Morgan fingerprint density at radius 2 is 1.84 bits per heavy atom. The van der Waals surface area contributed by atoms with Gasteiger partial charge in [-0.3, -0.25) is 4.98 Å². The minimum Gasteiger partial charge on any atom is -0.490 e. The van der Waals surface area contributed by atoms with Crippen molar-refractivity contribution in [3.63, 3.8) is 0 Å². The summed E-state index contributed by atoms with van der Waals surface area (Å²) in [5, 5.41) is 8.75. The first-order valence-corrected chi connectivity index (χ1v) is 6.40. The van der Waals surface area contributed by atoms with Crippen molar-refractivity contribution in [2.24, 2.45) is 0 Å². The molecule has 0 unspecified atom stereocenters. The quantitative estimate of drug-likeness (QED) is 0.814. The van der Waals surface area contributed by atoms with Gasteiger partial charge in [-0.15, -0.1) is 0 Å². The lowest BCUT2D eigenvalue weighted by atomic mass is 9.80. The highest BCUT2D eigenvalue weighted by Crippen LogP contribution is 2.36. The first-order valence-electron chi connectivity index (χ1n) is 6.40. The Kier molecular flexibility index (Phi) is 3.85. The van der Waals surface area contributed by atoms with Crippen LogP contribution in [0, 0.1) is 0 Å². The van der Waals surface area contributed by atoms with Crippen molar-refractivity contribution in [1.82, 2.24) is 4.98 Å². The average Bonchev–Trinajstić information content (AvgIpc) is 2.56. The standard InChI is InChI=1S/C13H20BNO4/c1-12(2)13(3,4)19-14(18-12)10-7-11(9-15-8-10)17-6-5-16/h7-9,16H,5-6H2,1-4H3. The van der Waals surface area contributed by atoms with E-state index in [0.29, 0.717) is 5.75 Å². The second kappa shape index (κ2) is 5.11. The molecule has 0 atom stereocenters. The van der Waals surface area contributed by atoms with Crippen LogP contribution in [0.1, 0.15) is 27.7 Å². The SMILES string of the molecule is CC1(C)OB(c2cncc(OCCO)c2)OC1(C)C. The van der Waals surface area contributed by atoms with E-state index >= 15 is 0 Å². The number of aliphatic hydroxyl groups excluding tert-OH is 1. The summed E-state index contributed by atoms with van der Waals surface area (Å²) < 4.78 is 17.2. The zero-order valence-electron chi connectivity index (χ0n) is 11.8. The van der Waals surface area contributed by atoms with E-state index in [2.05, 4.69) is 4.98 Å². The lowest BCUT2D eigenvalue weighted by Gasteiger charge is -2.32. The summed E-state index contributed by atoms with van der Waals surface area (Å²) in [4.78, 5) is 4.11. The van der Waals surface area contributed by atoms with Crippen molar-refractivity contribution in [3.05, 3.63) is 18.5 Å². The van der Waals surface area contributed by atoms with Crippen LogP contribution in [0.15, 0.2) is 18.5 Å². The van der Waals surface area contributed by atoms with Gasteiger partial charge in [0.25, 0.3) is 0 Å². The fourth-order valence-electron chi connectivity index (χ4n) is 1.79. The van der Waals surface area contributed by atoms with Gasteiger partial charge in [0.1, 0.15) is 12.4 Å². The van der Waals surface area contributed by atoms with E-state index in [-0.39, 0.29) is 24.4 Å². The maximum Gasteiger partial charge on any atom is 0.496 e. The van der Waals surface area contributed by atoms with Crippen molar-refractivity contribution >= 4 is 12.6 Å². The molecule has 1 saturated heterocycles. The van der Waals surface area contributed by atoms with E-state index in [0.717, 1.165) is 5.46 Å². The normalized spacial score (nSPS) is 20.6. The molecule has 1 N–H and O–H groups in total. The number of hydrogen-bond acceptors (Lipinski definition) is 5. The van der Waals surface area contributed by atoms with E-state index in [4.69, 9.17) is 19.2 Å². The van der Waals surface area contributed by atoms with Gasteiger partial charge in [-0.2, -0.15) is 0 Å². The lowest BCUT2D eigenvalue weighted by molar-refractivity contribution is 0.00578. The third kappa shape index (κ3) is 2.91. The minimum atomic E-state index is -0.449. The molecule has 0 saturated carbocycles. The Morgan fingerprint density at radius 1 is 1.21 bits per heavy atom. The predicted molar refractivity (Wildman–Crippen MR) is 72.5 cm³/mol. The fourth-order valence-corrected chi connectivity index (χ4v) is 1.79. The molecule has 0 aromatic carbocycles. The third-order valence-corrected chi connectivity index (χ3v) is 3.62. The average molecular weight is 265 g/mol. The molecular weight excluding hydrogens is 245 g/mol. The van der Waals surface area contributed by atoms with Crippen molar-refractivity contribution in [1.29, 1.82) is 0 Å². The number of rotatable bonds is 4. The molecule has 2 rings (SSSR count). The minimum absolute atomic E-state index is 0.0271. The predicted octanol–water partition coefficient (Wildman–Crippen LogP) is 0.752. The molecule has 1 aliphatic rings. The van der Waals surface area contributed by atoms with Crippen molar-refractivity contribution in [2.75, 3.05) is 13.2 Å². The molecule has 0 amide bonds. The Bertz CT molecular complexity index is 434. The van der Waals surface area contributed by atoms with Crippen LogP contribution in [0.3, 0.4) is 0 Å². The van der Waals surface area contributed by atoms with Gasteiger partial charge in [-0.05, 0) is 33.8 Å². The zero-order chi connectivity index (χ0) is 14.1. The smallest absolute Gasteiger partial charge is 0.490 e. The van der Waals surface area contributed by atoms with Crippen LogP contribution in [0.4, 0.5) is 0 Å². The van der Waals surface area contributed by atoms with Gasteiger partial charge >= 0.3 is 7.12 Å². The highest BCUT2D eigenvalue weighted by molar-refractivity contribution is 6.62. The molecule has 0 spiro atoms. The molecule has 2 heterocycles. The van der Waals surface area contributed by atoms with Gasteiger partial charge in [0.2, 0.25) is 0 Å². The largest absolute Gasteiger partial charge is 0.496 e. The van der Waals surface area contributed by atoms with Gasteiger partial charge in [-0.25, -0.2) is 0 Å². The third-order valence-electron chi connectivity index (χ3n) is 3.62. The van der Waals surface area contributed by atoms with Gasteiger partial charge in [0.15, 0.2) is 0 Å². The summed E-state index contributed by atoms with van der Waals surface area (Å²) in [6.45, 7) is 8.24. The van der Waals surface area contributed by atoms with E-state index in [1.165, 1.54) is 0 Å². The first-order chi connectivity index (χ1) is 8.86. The van der Waals surface area contributed by atoms with Gasteiger partial charge in [0.05, 0.1) is 24.0 Å². The molecule has 0 aliphatic carbocycles. The van der Waals surface area contributed by atoms with Crippen LogP contribution in [0.25, 0.3) is 0 Å². The Labute approximate surface area is 114 Å². The Hall–Kier alpha value is -1.11. The fraction of sp³-hybridized carbons (Fsp3) is 0.615. The van der Waals surface area contributed by atoms with Crippen molar-refractivity contribution < 1.29 is 19.2 Å². The summed E-state index contributed by atoms with van der Waals surface area (Å²) in [6, 6.07) is 1.82. The van der Waals surface area contributed by atoms with Crippen LogP contribution >= 0.6 is 0 Å². The lowest BCUT2D eigenvalue weighted by Crippen LogP contribution is -2.41. The van der Waals surface area contributed by atoms with E-state index in [1.807, 2.05) is 33.8 Å². The maximum absolute atomic E-state index is 8.75. The molecular formula is C13H20BNO4. The molecule has 1 fully saturated rings. The summed E-state index contributed by atoms with van der Waals surface area (Å²) >= 11 is 0. The van der Waals surface area contributed by atoms with Crippen LogP contribution in [-0.2, 0) is 9.31 Å². The molecule has 6 heteroatoms. The highest BCUT2D eigenvalue weighted by Gasteiger charge is 2.51. The van der Waals surface area contributed by atoms with Crippen LogP contribution in [0.5, 0.6) is 5.75 Å². The second-order valence-corrected chi connectivity index (χ2v) is 5.61. The van der Waals surface area contributed by atoms with E-state index in [1.54, 1.807) is 12.4 Å². The monoisotopic (exact) mass is 265 g/mol. The molecule has 1 aromatic heterocycles. The molecule has 0 radical (unpaired) electrons. The maximum atomic E-state index is 8.75. The summed E-state index contributed by atoms with van der Waals surface area (Å²) in [7, 11) is -0.449. The Morgan fingerprint density at radius 3 is 2.42 bits per heavy atom. The highest BCUT2D eigenvalue weighted by atomic mass is 16.7. The van der Waals surface area contributed by atoms with Crippen LogP contribution < -0.4 is 10.2 Å². The number of nitrogens with zero attached hydrogens (tertiary/aromatic N) is 1. The number of aromatic nitrogens is 1. The van der Waals surface area contributed by atoms with Crippen LogP contribution in [0.2, 0.25) is 0 Å². The van der Waals surface area contributed by atoms with E-state index in [9.17, 15) is 0 Å². The van der Waals surface area contributed by atoms with E-state index < -0.39 is 7.12 Å². The van der Waals surface area contributed by atoms with Gasteiger partial charge in [0, 0.05) is 11.7 Å². The molecule has 19 heavy (non-hydrogen) atoms. The molecule has 1 aromatic rings. The Balaban J connectivity index is 2.15. The molecule has 5 nitrogen and oxygen atoms in total.